The summed E-state index contributed by atoms with van der Waals surface area (Å²) in [5.74, 6) is 1.44. The summed E-state index contributed by atoms with van der Waals surface area (Å²) < 4.78 is 9.72. The van der Waals surface area contributed by atoms with Crippen LogP contribution in [0.5, 0.6) is 5.75 Å². The molecule has 0 spiro atoms. The second-order valence-electron chi connectivity index (χ2n) is 8.55. The number of benzene rings is 1. The average molecular weight is 431 g/mol. The lowest BCUT2D eigenvalue weighted by molar-refractivity contribution is -0.133. The van der Waals surface area contributed by atoms with E-state index in [1.54, 1.807) is 31.2 Å². The average Bonchev–Trinajstić information content (AvgIpc) is 2.79. The van der Waals surface area contributed by atoms with Crippen LogP contribution in [0.2, 0.25) is 0 Å². The lowest BCUT2D eigenvalue weighted by Crippen LogP contribution is -2.42. The topological polar surface area (TPSA) is 84.9 Å². The Labute approximate surface area is 184 Å². The van der Waals surface area contributed by atoms with Crippen LogP contribution in [0.3, 0.4) is 0 Å². The van der Waals surface area contributed by atoms with E-state index < -0.39 is 6.16 Å². The molecule has 1 aromatic carbocycles. The number of ether oxygens (including phenoxy) is 2. The van der Waals surface area contributed by atoms with Crippen molar-refractivity contribution in [3.8, 4) is 5.75 Å². The number of hydrogen-bond acceptors (Lipinski definition) is 5. The molecule has 0 bridgehead atoms. The quantitative estimate of drug-likeness (QED) is 0.519. The number of carbonyl (C=O) groups is 3. The molecule has 1 saturated carbocycles. The minimum atomic E-state index is -0.761. The van der Waals surface area contributed by atoms with Crippen LogP contribution in [0.15, 0.2) is 24.3 Å². The third kappa shape index (κ3) is 7.26. The van der Waals surface area contributed by atoms with E-state index in [9.17, 15) is 14.4 Å². The first-order valence-electron chi connectivity index (χ1n) is 11.6. The first-order chi connectivity index (χ1) is 15.0. The van der Waals surface area contributed by atoms with Crippen molar-refractivity contribution in [2.75, 3.05) is 26.2 Å². The predicted octanol–water partition coefficient (Wildman–Crippen LogP) is 4.16. The third-order valence-electron chi connectivity index (χ3n) is 6.29. The normalized spacial score (nSPS) is 17.8. The van der Waals surface area contributed by atoms with Gasteiger partial charge in [0.1, 0.15) is 5.75 Å². The van der Waals surface area contributed by atoms with Crippen molar-refractivity contribution in [3.05, 3.63) is 29.8 Å². The molecular weight excluding hydrogens is 396 g/mol. The number of nitrogens with zero attached hydrogens (tertiary/aromatic N) is 1. The highest BCUT2D eigenvalue weighted by Gasteiger charge is 2.25. The van der Waals surface area contributed by atoms with Crippen molar-refractivity contribution in [2.24, 2.45) is 11.8 Å². The van der Waals surface area contributed by atoms with Gasteiger partial charge in [-0.05, 0) is 68.7 Å². The molecule has 1 N–H and O–H groups in total. The molecule has 1 saturated heterocycles. The molecule has 31 heavy (non-hydrogen) atoms. The van der Waals surface area contributed by atoms with Crippen LogP contribution in [-0.2, 0) is 9.53 Å². The van der Waals surface area contributed by atoms with Gasteiger partial charge in [0.25, 0.3) is 5.91 Å². The number of likely N-dealkylation sites (tertiary alicyclic amines) is 1. The summed E-state index contributed by atoms with van der Waals surface area (Å²) in [6, 6.07) is 6.39. The smallest absolute Gasteiger partial charge is 0.434 e. The molecule has 2 fully saturated rings. The van der Waals surface area contributed by atoms with E-state index in [1.165, 1.54) is 32.1 Å². The molecule has 0 atom stereocenters. The van der Waals surface area contributed by atoms with Crippen LogP contribution in [-0.4, -0.2) is 49.1 Å². The Kier molecular flexibility index (Phi) is 8.74. The number of amides is 2. The van der Waals surface area contributed by atoms with Crippen LogP contribution in [0.1, 0.15) is 68.6 Å². The maximum atomic E-state index is 12.6. The number of hydrogen-bond donors (Lipinski definition) is 1. The van der Waals surface area contributed by atoms with E-state index in [2.05, 4.69) is 5.32 Å². The predicted molar refractivity (Wildman–Crippen MR) is 117 cm³/mol. The van der Waals surface area contributed by atoms with Crippen molar-refractivity contribution >= 4 is 18.0 Å². The van der Waals surface area contributed by atoms with E-state index in [0.29, 0.717) is 42.0 Å². The van der Waals surface area contributed by atoms with Gasteiger partial charge >= 0.3 is 6.16 Å². The number of rotatable bonds is 7. The molecule has 2 aliphatic rings. The SMILES string of the molecule is CCOC(=O)Oc1ccc(C(=O)NCC2CCN(C(=O)CC3CCCCC3)CC2)cc1. The fraction of sp³-hybridized carbons (Fsp3) is 0.625. The van der Waals surface area contributed by atoms with Gasteiger partial charge in [-0.2, -0.15) is 0 Å². The first kappa shape index (κ1) is 23.1. The second-order valence-corrected chi connectivity index (χ2v) is 8.55. The monoisotopic (exact) mass is 430 g/mol. The maximum Gasteiger partial charge on any atom is 0.513 e. The van der Waals surface area contributed by atoms with Crippen LogP contribution in [0, 0.1) is 11.8 Å². The van der Waals surface area contributed by atoms with Crippen LogP contribution in [0.4, 0.5) is 4.79 Å². The molecule has 7 heteroatoms. The summed E-state index contributed by atoms with van der Waals surface area (Å²) in [7, 11) is 0. The minimum absolute atomic E-state index is 0.154. The molecule has 1 heterocycles. The minimum Gasteiger partial charge on any atom is -0.434 e. The van der Waals surface area contributed by atoms with Gasteiger partial charge in [-0.1, -0.05) is 19.3 Å². The Hall–Kier alpha value is -2.57. The maximum absolute atomic E-state index is 12.6. The molecule has 1 aromatic rings. The molecule has 3 rings (SSSR count). The second kappa shape index (κ2) is 11.7. The summed E-state index contributed by atoms with van der Waals surface area (Å²) in [6.45, 7) is 4.11. The largest absolute Gasteiger partial charge is 0.513 e. The summed E-state index contributed by atoms with van der Waals surface area (Å²) in [5.41, 5.74) is 0.510. The highest BCUT2D eigenvalue weighted by atomic mass is 16.7. The standard InChI is InChI=1S/C24H34N2O5/c1-2-30-24(29)31-21-10-8-20(9-11-21)23(28)25-17-19-12-14-26(15-13-19)22(27)16-18-6-4-3-5-7-18/h8-11,18-19H,2-7,12-17H2,1H3,(H,25,28). The van der Waals surface area contributed by atoms with E-state index in [4.69, 9.17) is 9.47 Å². The molecule has 170 valence electrons. The van der Waals surface area contributed by atoms with E-state index in [0.717, 1.165) is 25.9 Å². The Morgan fingerprint density at radius 1 is 0.968 bits per heavy atom. The van der Waals surface area contributed by atoms with E-state index in [1.807, 2.05) is 4.90 Å². The van der Waals surface area contributed by atoms with Crippen molar-refractivity contribution in [3.63, 3.8) is 0 Å². The van der Waals surface area contributed by atoms with Crippen molar-refractivity contribution in [1.29, 1.82) is 0 Å². The van der Waals surface area contributed by atoms with Crippen LogP contribution < -0.4 is 10.1 Å². The molecule has 1 aliphatic carbocycles. The van der Waals surface area contributed by atoms with Crippen molar-refractivity contribution in [1.82, 2.24) is 10.2 Å². The van der Waals surface area contributed by atoms with Crippen molar-refractivity contribution in [2.45, 2.75) is 58.3 Å². The fourth-order valence-corrected chi connectivity index (χ4v) is 4.41. The van der Waals surface area contributed by atoms with Crippen LogP contribution >= 0.6 is 0 Å². The third-order valence-corrected chi connectivity index (χ3v) is 6.29. The number of piperidine rings is 1. The highest BCUT2D eigenvalue weighted by Crippen LogP contribution is 2.27. The lowest BCUT2D eigenvalue weighted by Gasteiger charge is -2.33. The zero-order chi connectivity index (χ0) is 22.1. The molecule has 1 aliphatic heterocycles. The van der Waals surface area contributed by atoms with Gasteiger partial charge in [-0.25, -0.2) is 4.79 Å². The van der Waals surface area contributed by atoms with E-state index >= 15 is 0 Å². The Morgan fingerprint density at radius 2 is 1.65 bits per heavy atom. The van der Waals surface area contributed by atoms with Gasteiger partial charge < -0.3 is 19.7 Å². The van der Waals surface area contributed by atoms with Crippen LogP contribution in [0.25, 0.3) is 0 Å². The molecule has 0 radical (unpaired) electrons. The van der Waals surface area contributed by atoms with Gasteiger partial charge in [0, 0.05) is 31.6 Å². The summed E-state index contributed by atoms with van der Waals surface area (Å²) in [5, 5.41) is 2.98. The molecule has 0 unspecified atom stereocenters. The zero-order valence-corrected chi connectivity index (χ0v) is 18.4. The van der Waals surface area contributed by atoms with Gasteiger partial charge in [-0.3, -0.25) is 9.59 Å². The lowest BCUT2D eigenvalue weighted by atomic mass is 9.86. The Balaban J connectivity index is 1.36. The number of nitrogens with one attached hydrogen (secondary N) is 1. The first-order valence-corrected chi connectivity index (χ1v) is 11.6. The van der Waals surface area contributed by atoms with E-state index in [-0.39, 0.29) is 12.5 Å². The zero-order valence-electron chi connectivity index (χ0n) is 18.4. The molecule has 2 amide bonds. The van der Waals surface area contributed by atoms with Gasteiger partial charge in [0.15, 0.2) is 0 Å². The summed E-state index contributed by atoms with van der Waals surface area (Å²) in [4.78, 5) is 38.3. The van der Waals surface area contributed by atoms with Gasteiger partial charge in [0.05, 0.1) is 6.61 Å². The fourth-order valence-electron chi connectivity index (χ4n) is 4.41. The highest BCUT2D eigenvalue weighted by molar-refractivity contribution is 5.94. The molecule has 7 nitrogen and oxygen atoms in total. The Bertz CT molecular complexity index is 735. The molecular formula is C24H34N2O5. The van der Waals surface area contributed by atoms with Gasteiger partial charge in [-0.15, -0.1) is 0 Å². The summed E-state index contributed by atoms with van der Waals surface area (Å²) >= 11 is 0. The Morgan fingerprint density at radius 3 is 2.29 bits per heavy atom. The number of carbonyl (C=O) groups excluding carboxylic acids is 3. The van der Waals surface area contributed by atoms with Gasteiger partial charge in [0.2, 0.25) is 5.91 Å². The summed E-state index contributed by atoms with van der Waals surface area (Å²) in [6.07, 6.45) is 8.02. The van der Waals surface area contributed by atoms with Crippen molar-refractivity contribution < 1.29 is 23.9 Å². The molecule has 0 aromatic heterocycles.